The molecule has 104 valence electrons. The Morgan fingerprint density at radius 3 is 2.44 bits per heavy atom. The SMILES string of the molecule is C[C@@H](O)[C@H](NC(=O)N1CCCN(C)CC1)C(=O)O. The van der Waals surface area contributed by atoms with E-state index in [-0.39, 0.29) is 0 Å². The maximum absolute atomic E-state index is 11.9. The monoisotopic (exact) mass is 259 g/mol. The van der Waals surface area contributed by atoms with Crippen LogP contribution in [0.5, 0.6) is 0 Å². The highest BCUT2D eigenvalue weighted by atomic mass is 16.4. The number of urea groups is 1. The molecule has 2 atom stereocenters. The molecular weight excluding hydrogens is 238 g/mol. The van der Waals surface area contributed by atoms with Gasteiger partial charge in [0.2, 0.25) is 0 Å². The van der Waals surface area contributed by atoms with E-state index in [0.29, 0.717) is 13.1 Å². The third-order valence-corrected chi connectivity index (χ3v) is 3.03. The summed E-state index contributed by atoms with van der Waals surface area (Å²) in [7, 11) is 1.98. The van der Waals surface area contributed by atoms with Gasteiger partial charge < -0.3 is 25.3 Å². The maximum Gasteiger partial charge on any atom is 0.328 e. The van der Waals surface area contributed by atoms with Gasteiger partial charge in [0.15, 0.2) is 6.04 Å². The summed E-state index contributed by atoms with van der Waals surface area (Å²) in [5.41, 5.74) is 0. The lowest BCUT2D eigenvalue weighted by Crippen LogP contribution is -2.52. The average Bonchev–Trinajstić information content (AvgIpc) is 2.49. The lowest BCUT2D eigenvalue weighted by molar-refractivity contribution is -0.141. The Morgan fingerprint density at radius 2 is 1.89 bits per heavy atom. The molecule has 18 heavy (non-hydrogen) atoms. The topological polar surface area (TPSA) is 93.1 Å². The van der Waals surface area contributed by atoms with Crippen molar-refractivity contribution in [3.05, 3.63) is 0 Å². The largest absolute Gasteiger partial charge is 0.480 e. The summed E-state index contributed by atoms with van der Waals surface area (Å²) in [4.78, 5) is 26.5. The van der Waals surface area contributed by atoms with Gasteiger partial charge in [-0.05, 0) is 26.9 Å². The van der Waals surface area contributed by atoms with E-state index in [1.165, 1.54) is 6.92 Å². The zero-order valence-corrected chi connectivity index (χ0v) is 10.8. The Labute approximate surface area is 106 Å². The van der Waals surface area contributed by atoms with Crippen LogP contribution in [0.1, 0.15) is 13.3 Å². The first kappa shape index (κ1) is 14.7. The number of rotatable bonds is 3. The van der Waals surface area contributed by atoms with Crippen LogP contribution in [0.4, 0.5) is 4.79 Å². The predicted molar refractivity (Wildman–Crippen MR) is 65.3 cm³/mol. The third kappa shape index (κ3) is 4.15. The van der Waals surface area contributed by atoms with E-state index in [1.54, 1.807) is 4.90 Å². The van der Waals surface area contributed by atoms with E-state index in [2.05, 4.69) is 10.2 Å². The summed E-state index contributed by atoms with van der Waals surface area (Å²) in [6.45, 7) is 4.19. The Hall–Kier alpha value is -1.34. The van der Waals surface area contributed by atoms with Crippen LogP contribution in [-0.4, -0.2) is 77.4 Å². The Morgan fingerprint density at radius 1 is 1.22 bits per heavy atom. The van der Waals surface area contributed by atoms with Crippen molar-refractivity contribution in [3.63, 3.8) is 0 Å². The van der Waals surface area contributed by atoms with Crippen LogP contribution >= 0.6 is 0 Å². The van der Waals surface area contributed by atoms with Crippen LogP contribution in [-0.2, 0) is 4.79 Å². The highest BCUT2D eigenvalue weighted by Gasteiger charge is 2.27. The fourth-order valence-electron chi connectivity index (χ4n) is 1.86. The number of hydrogen-bond acceptors (Lipinski definition) is 4. The molecule has 1 saturated heterocycles. The molecule has 0 unspecified atom stereocenters. The molecule has 1 aliphatic rings. The lowest BCUT2D eigenvalue weighted by atomic mass is 10.2. The highest BCUT2D eigenvalue weighted by molar-refractivity contribution is 5.83. The summed E-state index contributed by atoms with van der Waals surface area (Å²) in [5.74, 6) is -1.23. The summed E-state index contributed by atoms with van der Waals surface area (Å²) in [6, 6.07) is -1.70. The van der Waals surface area contributed by atoms with Crippen LogP contribution in [0.2, 0.25) is 0 Å². The minimum Gasteiger partial charge on any atom is -0.480 e. The van der Waals surface area contributed by atoms with Gasteiger partial charge in [0, 0.05) is 19.6 Å². The Kier molecular flexibility index (Phi) is 5.36. The summed E-state index contributed by atoms with van der Waals surface area (Å²) in [5, 5.41) is 20.5. The first-order chi connectivity index (χ1) is 8.41. The second-order valence-corrected chi connectivity index (χ2v) is 4.65. The summed E-state index contributed by atoms with van der Waals surface area (Å²) < 4.78 is 0. The van der Waals surface area contributed by atoms with Gasteiger partial charge in [0.1, 0.15) is 0 Å². The first-order valence-corrected chi connectivity index (χ1v) is 6.06. The fourth-order valence-corrected chi connectivity index (χ4v) is 1.86. The number of hydrogen-bond donors (Lipinski definition) is 3. The van der Waals surface area contributed by atoms with E-state index in [9.17, 15) is 14.7 Å². The second-order valence-electron chi connectivity index (χ2n) is 4.65. The molecule has 1 rings (SSSR count). The minimum atomic E-state index is -1.27. The van der Waals surface area contributed by atoms with Gasteiger partial charge >= 0.3 is 12.0 Å². The zero-order valence-electron chi connectivity index (χ0n) is 10.8. The molecule has 3 N–H and O–H groups in total. The summed E-state index contributed by atoms with van der Waals surface area (Å²) >= 11 is 0. The van der Waals surface area contributed by atoms with E-state index in [4.69, 9.17) is 5.11 Å². The highest BCUT2D eigenvalue weighted by Crippen LogP contribution is 2.03. The van der Waals surface area contributed by atoms with E-state index in [1.807, 2.05) is 7.05 Å². The van der Waals surface area contributed by atoms with Crippen LogP contribution in [0.25, 0.3) is 0 Å². The number of nitrogens with zero attached hydrogens (tertiary/aromatic N) is 2. The van der Waals surface area contributed by atoms with Gasteiger partial charge in [-0.25, -0.2) is 9.59 Å². The molecule has 7 nitrogen and oxygen atoms in total. The van der Waals surface area contributed by atoms with Crippen molar-refractivity contribution in [2.24, 2.45) is 0 Å². The van der Waals surface area contributed by atoms with Gasteiger partial charge in [0.05, 0.1) is 6.10 Å². The van der Waals surface area contributed by atoms with Crippen LogP contribution in [0.3, 0.4) is 0 Å². The van der Waals surface area contributed by atoms with Crippen LogP contribution in [0.15, 0.2) is 0 Å². The maximum atomic E-state index is 11.9. The number of carbonyl (C=O) groups excluding carboxylic acids is 1. The number of nitrogens with one attached hydrogen (secondary N) is 1. The molecule has 0 spiro atoms. The molecule has 1 heterocycles. The van der Waals surface area contributed by atoms with Gasteiger partial charge in [-0.3, -0.25) is 0 Å². The number of carbonyl (C=O) groups is 2. The van der Waals surface area contributed by atoms with Crippen molar-refractivity contribution in [3.8, 4) is 0 Å². The van der Waals surface area contributed by atoms with E-state index >= 15 is 0 Å². The van der Waals surface area contributed by atoms with Crippen molar-refractivity contribution in [1.82, 2.24) is 15.1 Å². The molecule has 0 bridgehead atoms. The van der Waals surface area contributed by atoms with Crippen molar-refractivity contribution in [2.45, 2.75) is 25.5 Å². The number of likely N-dealkylation sites (N-methyl/N-ethyl adjacent to an activating group) is 1. The number of aliphatic hydroxyl groups is 1. The average molecular weight is 259 g/mol. The lowest BCUT2D eigenvalue weighted by Gasteiger charge is -2.24. The standard InChI is InChI=1S/C11H21N3O4/c1-8(15)9(10(16)17)12-11(18)14-5-3-4-13(2)6-7-14/h8-9,15H,3-7H2,1-2H3,(H,12,18)(H,16,17)/t8-,9+/m1/s1. The molecule has 0 aliphatic carbocycles. The van der Waals surface area contributed by atoms with E-state index < -0.39 is 24.1 Å². The molecule has 0 aromatic rings. The minimum absolute atomic E-state index is 0.432. The number of carboxylic acids is 1. The second kappa shape index (κ2) is 6.55. The van der Waals surface area contributed by atoms with Crippen molar-refractivity contribution < 1.29 is 19.8 Å². The first-order valence-electron chi connectivity index (χ1n) is 6.06. The molecule has 7 heteroatoms. The zero-order chi connectivity index (χ0) is 13.7. The normalized spacial score (nSPS) is 20.9. The number of aliphatic carboxylic acids is 1. The van der Waals surface area contributed by atoms with Crippen LogP contribution in [0, 0.1) is 0 Å². The van der Waals surface area contributed by atoms with Crippen LogP contribution < -0.4 is 5.32 Å². The fraction of sp³-hybridized carbons (Fsp3) is 0.818. The molecule has 0 aromatic carbocycles. The molecule has 1 fully saturated rings. The van der Waals surface area contributed by atoms with Crippen molar-refractivity contribution in [2.75, 3.05) is 33.2 Å². The molecule has 2 amide bonds. The van der Waals surface area contributed by atoms with Gasteiger partial charge in [0.25, 0.3) is 0 Å². The predicted octanol–water partition coefficient (Wildman–Crippen LogP) is -0.832. The third-order valence-electron chi connectivity index (χ3n) is 3.03. The smallest absolute Gasteiger partial charge is 0.328 e. The summed E-state index contributed by atoms with van der Waals surface area (Å²) in [6.07, 6.45) is -0.267. The molecule has 0 saturated carbocycles. The number of amides is 2. The van der Waals surface area contributed by atoms with Crippen molar-refractivity contribution >= 4 is 12.0 Å². The van der Waals surface area contributed by atoms with E-state index in [0.717, 1.165) is 19.5 Å². The molecule has 0 aromatic heterocycles. The molecular formula is C11H21N3O4. The van der Waals surface area contributed by atoms with Crippen molar-refractivity contribution in [1.29, 1.82) is 0 Å². The Bertz CT molecular complexity index is 309. The quantitative estimate of drug-likeness (QED) is 0.615. The van der Waals surface area contributed by atoms with Gasteiger partial charge in [-0.2, -0.15) is 0 Å². The molecule has 0 radical (unpaired) electrons. The van der Waals surface area contributed by atoms with Gasteiger partial charge in [-0.15, -0.1) is 0 Å². The number of carboxylic acid groups (broad SMARTS) is 1. The number of aliphatic hydroxyl groups excluding tert-OH is 1. The van der Waals surface area contributed by atoms with Gasteiger partial charge in [-0.1, -0.05) is 0 Å². The Balaban J connectivity index is 2.55. The molecule has 1 aliphatic heterocycles.